The molecular weight excluding hydrogens is 190 g/mol. The van der Waals surface area contributed by atoms with Gasteiger partial charge in [-0.3, -0.25) is 5.43 Å². The van der Waals surface area contributed by atoms with Crippen molar-refractivity contribution in [2.24, 2.45) is 10.8 Å². The fourth-order valence-corrected chi connectivity index (χ4v) is 1.30. The summed E-state index contributed by atoms with van der Waals surface area (Å²) in [7, 11) is 0. The van der Waals surface area contributed by atoms with Gasteiger partial charge in [-0.05, 0) is 6.92 Å². The third-order valence-corrected chi connectivity index (χ3v) is 2.11. The number of hydrogen-bond donors (Lipinski definition) is 2. The van der Waals surface area contributed by atoms with Gasteiger partial charge in [-0.1, -0.05) is 11.8 Å². The summed E-state index contributed by atoms with van der Waals surface area (Å²) in [6, 6.07) is 0. The van der Waals surface area contributed by atoms with E-state index in [1.165, 1.54) is 17.8 Å². The van der Waals surface area contributed by atoms with Crippen molar-refractivity contribution in [2.75, 3.05) is 12.4 Å². The van der Waals surface area contributed by atoms with Crippen LogP contribution in [0.4, 0.5) is 0 Å². The maximum atomic E-state index is 11.0. The predicted molar refractivity (Wildman–Crippen MR) is 51.9 cm³/mol. The van der Waals surface area contributed by atoms with E-state index in [2.05, 4.69) is 10.5 Å². The Balaban J connectivity index is 2.49. The molecule has 0 aromatic rings. The Hall–Kier alpha value is -1.17. The van der Waals surface area contributed by atoms with Crippen molar-refractivity contribution >= 4 is 22.9 Å². The highest BCUT2D eigenvalue weighted by Gasteiger charge is 2.08. The first-order chi connectivity index (χ1) is 6.22. The summed E-state index contributed by atoms with van der Waals surface area (Å²) in [5, 5.41) is 4.23. The molecular formula is C7H11N3O2S. The first-order valence-corrected chi connectivity index (χ1v) is 4.80. The lowest BCUT2D eigenvalue weighted by molar-refractivity contribution is -0.137. The first kappa shape index (κ1) is 9.91. The Bertz CT molecular complexity index is 262. The summed E-state index contributed by atoms with van der Waals surface area (Å²) in [5.74, 6) is 0.259. The zero-order valence-corrected chi connectivity index (χ0v) is 8.06. The number of nitrogens with zero attached hydrogens (tertiary/aromatic N) is 1. The molecule has 1 heterocycles. The van der Waals surface area contributed by atoms with Crippen LogP contribution in [0.25, 0.3) is 0 Å². The van der Waals surface area contributed by atoms with Gasteiger partial charge >= 0.3 is 5.97 Å². The van der Waals surface area contributed by atoms with E-state index in [4.69, 9.17) is 10.5 Å². The van der Waals surface area contributed by atoms with Gasteiger partial charge in [-0.15, -0.1) is 0 Å². The molecule has 1 aliphatic heterocycles. The highest BCUT2D eigenvalue weighted by Crippen LogP contribution is 2.10. The Kier molecular flexibility index (Phi) is 3.63. The maximum absolute atomic E-state index is 11.0. The highest BCUT2D eigenvalue weighted by molar-refractivity contribution is 8.14. The largest absolute Gasteiger partial charge is 0.463 e. The fourth-order valence-electron chi connectivity index (χ4n) is 0.743. The van der Waals surface area contributed by atoms with Gasteiger partial charge in [0.1, 0.15) is 0 Å². The average molecular weight is 201 g/mol. The SMILES string of the molecule is CCOC(=O)/C=C1/CSC(N)=NN1. The lowest BCUT2D eigenvalue weighted by Gasteiger charge is -2.11. The van der Waals surface area contributed by atoms with Crippen molar-refractivity contribution in [3.8, 4) is 0 Å². The number of carbonyl (C=O) groups excluding carboxylic acids is 1. The molecule has 0 spiro atoms. The van der Waals surface area contributed by atoms with Gasteiger partial charge in [0, 0.05) is 11.8 Å². The van der Waals surface area contributed by atoms with E-state index < -0.39 is 0 Å². The highest BCUT2D eigenvalue weighted by atomic mass is 32.2. The smallest absolute Gasteiger partial charge is 0.332 e. The fraction of sp³-hybridized carbons (Fsp3) is 0.429. The van der Waals surface area contributed by atoms with Crippen LogP contribution in [0.5, 0.6) is 0 Å². The van der Waals surface area contributed by atoms with Crippen LogP contribution in [0, 0.1) is 0 Å². The van der Waals surface area contributed by atoms with E-state index >= 15 is 0 Å². The molecule has 0 aromatic heterocycles. The number of hydrazone groups is 1. The molecule has 0 amide bonds. The van der Waals surface area contributed by atoms with Gasteiger partial charge < -0.3 is 10.5 Å². The van der Waals surface area contributed by atoms with E-state index in [-0.39, 0.29) is 5.97 Å². The molecule has 1 aliphatic rings. The second kappa shape index (κ2) is 4.76. The molecule has 0 unspecified atom stereocenters. The van der Waals surface area contributed by atoms with Gasteiger partial charge in [-0.25, -0.2) is 4.79 Å². The number of amidine groups is 1. The van der Waals surface area contributed by atoms with Crippen LogP contribution in [0.15, 0.2) is 16.9 Å². The van der Waals surface area contributed by atoms with Crippen LogP contribution >= 0.6 is 11.8 Å². The van der Waals surface area contributed by atoms with Gasteiger partial charge in [0.2, 0.25) is 0 Å². The second-order valence-corrected chi connectivity index (χ2v) is 3.27. The Morgan fingerprint density at radius 2 is 2.69 bits per heavy atom. The zero-order chi connectivity index (χ0) is 9.68. The van der Waals surface area contributed by atoms with Gasteiger partial charge in [0.15, 0.2) is 5.17 Å². The number of rotatable bonds is 2. The molecule has 5 nitrogen and oxygen atoms in total. The number of hydrogen-bond acceptors (Lipinski definition) is 6. The lowest BCUT2D eigenvalue weighted by Crippen LogP contribution is -2.23. The van der Waals surface area contributed by atoms with Crippen LogP contribution in [0.1, 0.15) is 6.92 Å². The predicted octanol–water partition coefficient (Wildman–Crippen LogP) is -0.000500. The molecule has 0 aliphatic carbocycles. The Morgan fingerprint density at radius 1 is 1.92 bits per heavy atom. The summed E-state index contributed by atoms with van der Waals surface area (Å²) in [5.41, 5.74) is 8.76. The number of esters is 1. The summed E-state index contributed by atoms with van der Waals surface area (Å²) < 4.78 is 4.73. The van der Waals surface area contributed by atoms with Crippen molar-refractivity contribution in [1.82, 2.24) is 5.43 Å². The summed E-state index contributed by atoms with van der Waals surface area (Å²) >= 11 is 1.38. The average Bonchev–Trinajstić information content (AvgIpc) is 2.09. The van der Waals surface area contributed by atoms with Crippen molar-refractivity contribution < 1.29 is 9.53 Å². The summed E-state index contributed by atoms with van der Waals surface area (Å²) in [6.07, 6.45) is 1.38. The maximum Gasteiger partial charge on any atom is 0.332 e. The van der Waals surface area contributed by atoms with Crippen molar-refractivity contribution in [1.29, 1.82) is 0 Å². The molecule has 0 bridgehead atoms. The standard InChI is InChI=1S/C7H11N3O2S/c1-2-12-6(11)3-5-4-13-7(8)10-9-5/h3,9H,2,4H2,1H3,(H2,8,10)/b5-3-. The van der Waals surface area contributed by atoms with Gasteiger partial charge in [-0.2, -0.15) is 5.10 Å². The lowest BCUT2D eigenvalue weighted by atomic mass is 10.4. The molecule has 0 fully saturated rings. The third kappa shape index (κ3) is 3.37. The number of nitrogens with two attached hydrogens (primary N) is 1. The Morgan fingerprint density at radius 3 is 3.23 bits per heavy atom. The molecule has 0 saturated heterocycles. The van der Waals surface area contributed by atoms with Crippen LogP contribution in [0.3, 0.4) is 0 Å². The monoisotopic (exact) mass is 201 g/mol. The summed E-state index contributed by atoms with van der Waals surface area (Å²) in [4.78, 5) is 11.0. The third-order valence-electron chi connectivity index (χ3n) is 1.26. The number of thioether (sulfide) groups is 1. The van der Waals surface area contributed by atoms with Gasteiger partial charge in [0.05, 0.1) is 12.3 Å². The Labute approximate surface area is 80.4 Å². The van der Waals surface area contributed by atoms with Crippen LogP contribution in [-0.4, -0.2) is 23.5 Å². The van der Waals surface area contributed by atoms with Gasteiger partial charge in [0.25, 0.3) is 0 Å². The van der Waals surface area contributed by atoms with Crippen LogP contribution < -0.4 is 11.2 Å². The number of ether oxygens (including phenoxy) is 1. The quantitative estimate of drug-likeness (QED) is 0.486. The van der Waals surface area contributed by atoms with Crippen molar-refractivity contribution in [3.63, 3.8) is 0 Å². The molecule has 13 heavy (non-hydrogen) atoms. The van der Waals surface area contributed by atoms with E-state index in [1.807, 2.05) is 0 Å². The molecule has 72 valence electrons. The minimum absolute atomic E-state index is 0.360. The second-order valence-electron chi connectivity index (χ2n) is 2.27. The topological polar surface area (TPSA) is 76.7 Å². The van der Waals surface area contributed by atoms with Crippen LogP contribution in [-0.2, 0) is 9.53 Å². The van der Waals surface area contributed by atoms with Crippen LogP contribution in [0.2, 0.25) is 0 Å². The zero-order valence-electron chi connectivity index (χ0n) is 7.24. The molecule has 6 heteroatoms. The molecule has 0 aromatic carbocycles. The molecule has 0 radical (unpaired) electrons. The van der Waals surface area contributed by atoms with E-state index in [1.54, 1.807) is 6.92 Å². The van der Waals surface area contributed by atoms with E-state index in [0.717, 1.165) is 0 Å². The number of nitrogens with one attached hydrogen (secondary N) is 1. The number of carbonyl (C=O) groups is 1. The van der Waals surface area contributed by atoms with E-state index in [0.29, 0.717) is 23.2 Å². The molecule has 1 rings (SSSR count). The van der Waals surface area contributed by atoms with E-state index in [9.17, 15) is 4.79 Å². The summed E-state index contributed by atoms with van der Waals surface area (Å²) in [6.45, 7) is 2.14. The van der Waals surface area contributed by atoms with Crippen molar-refractivity contribution in [3.05, 3.63) is 11.8 Å². The normalized spacial score (nSPS) is 19.2. The minimum Gasteiger partial charge on any atom is -0.463 e. The minimum atomic E-state index is -0.360. The molecule has 0 saturated carbocycles. The van der Waals surface area contributed by atoms with Crippen molar-refractivity contribution in [2.45, 2.75) is 6.92 Å². The molecule has 3 N–H and O–H groups in total. The molecule has 0 atom stereocenters. The first-order valence-electron chi connectivity index (χ1n) is 3.81.